The number of anilines is 1. The summed E-state index contributed by atoms with van der Waals surface area (Å²) in [5.74, 6) is -0.591. The number of hydrogen-bond donors (Lipinski definition) is 0. The van der Waals surface area contributed by atoms with Crippen LogP contribution in [0.5, 0.6) is 0 Å². The third-order valence-electron chi connectivity index (χ3n) is 2.10. The standard InChI is InChI=1S/C10H10ClF5N2/c11-3-5-18(6-8(12)13)9-7(10(14,15)16)2-1-4-17-9/h1-2,4,8H,3,5-6H2. The van der Waals surface area contributed by atoms with E-state index in [2.05, 4.69) is 4.98 Å². The number of rotatable bonds is 5. The Hall–Kier alpha value is -1.11. The van der Waals surface area contributed by atoms with Crippen molar-refractivity contribution in [2.75, 3.05) is 23.9 Å². The van der Waals surface area contributed by atoms with Crippen LogP contribution in [0.15, 0.2) is 18.3 Å². The molecule has 0 atom stereocenters. The van der Waals surface area contributed by atoms with Crippen molar-refractivity contribution in [3.63, 3.8) is 0 Å². The fraction of sp³-hybridized carbons (Fsp3) is 0.500. The molecule has 0 bridgehead atoms. The van der Waals surface area contributed by atoms with Crippen LogP contribution in [0.4, 0.5) is 27.8 Å². The number of hydrogen-bond acceptors (Lipinski definition) is 2. The maximum absolute atomic E-state index is 12.7. The summed E-state index contributed by atoms with van der Waals surface area (Å²) in [7, 11) is 0. The summed E-state index contributed by atoms with van der Waals surface area (Å²) in [6.45, 7) is -0.973. The molecule has 0 unspecified atom stereocenters. The van der Waals surface area contributed by atoms with Gasteiger partial charge in [-0.2, -0.15) is 13.2 Å². The molecule has 0 saturated carbocycles. The highest BCUT2D eigenvalue weighted by atomic mass is 35.5. The zero-order valence-electron chi connectivity index (χ0n) is 9.09. The maximum Gasteiger partial charge on any atom is 0.419 e. The van der Waals surface area contributed by atoms with E-state index in [0.29, 0.717) is 0 Å². The van der Waals surface area contributed by atoms with Crippen LogP contribution >= 0.6 is 11.6 Å². The Bertz CT molecular complexity index is 383. The number of nitrogens with zero attached hydrogens (tertiary/aromatic N) is 2. The number of alkyl halides is 6. The molecule has 0 aliphatic heterocycles. The van der Waals surface area contributed by atoms with E-state index in [-0.39, 0.29) is 12.4 Å². The van der Waals surface area contributed by atoms with Gasteiger partial charge in [-0.05, 0) is 12.1 Å². The summed E-state index contributed by atoms with van der Waals surface area (Å²) in [6, 6.07) is 1.91. The molecule has 0 spiro atoms. The lowest BCUT2D eigenvalue weighted by atomic mass is 10.2. The third kappa shape index (κ3) is 3.97. The second-order valence-corrected chi connectivity index (χ2v) is 3.78. The van der Waals surface area contributed by atoms with Crippen LogP contribution in [0.3, 0.4) is 0 Å². The van der Waals surface area contributed by atoms with E-state index < -0.39 is 30.5 Å². The van der Waals surface area contributed by atoms with Gasteiger partial charge in [0, 0.05) is 18.6 Å². The molecule has 102 valence electrons. The minimum atomic E-state index is -4.64. The first-order valence-corrected chi connectivity index (χ1v) is 5.51. The molecular formula is C10H10ClF5N2. The van der Waals surface area contributed by atoms with Gasteiger partial charge in [0.25, 0.3) is 6.43 Å². The van der Waals surface area contributed by atoms with Crippen LogP contribution < -0.4 is 4.90 Å². The van der Waals surface area contributed by atoms with Gasteiger partial charge >= 0.3 is 6.18 Å². The first kappa shape index (κ1) is 14.9. The molecule has 0 aromatic carbocycles. The largest absolute Gasteiger partial charge is 0.419 e. The number of pyridine rings is 1. The molecule has 0 saturated heterocycles. The summed E-state index contributed by atoms with van der Waals surface area (Å²) in [6.07, 6.45) is -6.29. The third-order valence-corrected chi connectivity index (χ3v) is 2.27. The summed E-state index contributed by atoms with van der Waals surface area (Å²) < 4.78 is 62.8. The van der Waals surface area contributed by atoms with E-state index in [1.54, 1.807) is 0 Å². The van der Waals surface area contributed by atoms with Crippen molar-refractivity contribution >= 4 is 17.4 Å². The second-order valence-electron chi connectivity index (χ2n) is 3.40. The number of aromatic nitrogens is 1. The molecule has 2 nitrogen and oxygen atoms in total. The second kappa shape index (κ2) is 6.17. The van der Waals surface area contributed by atoms with Crippen molar-refractivity contribution in [1.29, 1.82) is 0 Å². The van der Waals surface area contributed by atoms with Crippen LogP contribution in [0.2, 0.25) is 0 Å². The van der Waals surface area contributed by atoms with Crippen molar-refractivity contribution in [3.05, 3.63) is 23.9 Å². The van der Waals surface area contributed by atoms with Crippen molar-refractivity contribution in [2.24, 2.45) is 0 Å². The normalized spacial score (nSPS) is 11.9. The van der Waals surface area contributed by atoms with Crippen molar-refractivity contribution in [1.82, 2.24) is 4.98 Å². The topological polar surface area (TPSA) is 16.1 Å². The smallest absolute Gasteiger partial charge is 0.349 e. The minimum Gasteiger partial charge on any atom is -0.349 e. The Kier molecular flexibility index (Phi) is 5.13. The van der Waals surface area contributed by atoms with Gasteiger partial charge in [0.15, 0.2) is 0 Å². The van der Waals surface area contributed by atoms with Crippen LogP contribution in [-0.4, -0.2) is 30.4 Å². The van der Waals surface area contributed by atoms with Crippen LogP contribution in [0.1, 0.15) is 5.56 Å². The summed E-state index contributed by atoms with van der Waals surface area (Å²) >= 11 is 5.40. The lowest BCUT2D eigenvalue weighted by Crippen LogP contribution is -2.33. The fourth-order valence-corrected chi connectivity index (χ4v) is 1.63. The van der Waals surface area contributed by atoms with E-state index in [1.165, 1.54) is 0 Å². The van der Waals surface area contributed by atoms with Gasteiger partial charge in [0.05, 0.1) is 12.1 Å². The predicted octanol–water partition coefficient (Wildman–Crippen LogP) is 3.41. The van der Waals surface area contributed by atoms with E-state index >= 15 is 0 Å². The van der Waals surface area contributed by atoms with Crippen molar-refractivity contribution in [3.8, 4) is 0 Å². The molecule has 0 amide bonds. The van der Waals surface area contributed by atoms with Gasteiger partial charge in [0.2, 0.25) is 0 Å². The molecule has 1 rings (SSSR count). The van der Waals surface area contributed by atoms with E-state index in [0.717, 1.165) is 23.2 Å². The van der Waals surface area contributed by atoms with Crippen molar-refractivity contribution < 1.29 is 22.0 Å². The molecule has 8 heteroatoms. The van der Waals surface area contributed by atoms with E-state index in [9.17, 15) is 22.0 Å². The number of halogens is 6. The first-order valence-electron chi connectivity index (χ1n) is 4.97. The predicted molar refractivity (Wildman–Crippen MR) is 58.2 cm³/mol. The highest BCUT2D eigenvalue weighted by Crippen LogP contribution is 2.35. The molecular weight excluding hydrogens is 279 g/mol. The van der Waals surface area contributed by atoms with Gasteiger partial charge in [-0.1, -0.05) is 0 Å². The molecule has 1 aromatic rings. The quantitative estimate of drug-likeness (QED) is 0.610. The molecule has 0 aliphatic carbocycles. The molecule has 1 aromatic heterocycles. The lowest BCUT2D eigenvalue weighted by Gasteiger charge is -2.25. The Morgan fingerprint density at radius 1 is 1.33 bits per heavy atom. The highest BCUT2D eigenvalue weighted by Gasteiger charge is 2.35. The molecule has 0 radical (unpaired) electrons. The van der Waals surface area contributed by atoms with Gasteiger partial charge in [-0.15, -0.1) is 11.6 Å². The van der Waals surface area contributed by atoms with E-state index in [1.807, 2.05) is 0 Å². The zero-order chi connectivity index (χ0) is 13.8. The molecule has 0 N–H and O–H groups in total. The van der Waals surface area contributed by atoms with Crippen LogP contribution in [0.25, 0.3) is 0 Å². The zero-order valence-corrected chi connectivity index (χ0v) is 9.85. The Labute approximate surface area is 105 Å². The van der Waals surface area contributed by atoms with Gasteiger partial charge in [-0.25, -0.2) is 13.8 Å². The molecule has 0 fully saturated rings. The fourth-order valence-electron chi connectivity index (χ4n) is 1.42. The SMILES string of the molecule is FC(F)CN(CCCl)c1ncccc1C(F)(F)F. The van der Waals surface area contributed by atoms with Crippen LogP contribution in [0, 0.1) is 0 Å². The van der Waals surface area contributed by atoms with Gasteiger partial charge in [-0.3, -0.25) is 0 Å². The van der Waals surface area contributed by atoms with Crippen molar-refractivity contribution in [2.45, 2.75) is 12.6 Å². The lowest BCUT2D eigenvalue weighted by molar-refractivity contribution is -0.137. The van der Waals surface area contributed by atoms with Gasteiger partial charge < -0.3 is 4.90 Å². The van der Waals surface area contributed by atoms with Gasteiger partial charge in [0.1, 0.15) is 5.82 Å². The first-order chi connectivity index (χ1) is 8.36. The average molecular weight is 289 g/mol. The minimum absolute atomic E-state index is 0.0689. The Balaban J connectivity index is 3.11. The maximum atomic E-state index is 12.7. The van der Waals surface area contributed by atoms with E-state index in [4.69, 9.17) is 11.6 Å². The highest BCUT2D eigenvalue weighted by molar-refractivity contribution is 6.18. The Morgan fingerprint density at radius 3 is 2.50 bits per heavy atom. The molecule has 18 heavy (non-hydrogen) atoms. The average Bonchev–Trinajstić information content (AvgIpc) is 2.27. The summed E-state index contributed by atoms with van der Waals surface area (Å²) in [5, 5.41) is 0. The van der Waals surface area contributed by atoms with Crippen LogP contribution in [-0.2, 0) is 6.18 Å². The monoisotopic (exact) mass is 288 g/mol. The summed E-state index contributed by atoms with van der Waals surface area (Å²) in [4.78, 5) is 4.36. The Morgan fingerprint density at radius 2 is 2.00 bits per heavy atom. The molecule has 0 aliphatic rings. The molecule has 1 heterocycles. The summed E-state index contributed by atoms with van der Waals surface area (Å²) in [5.41, 5.74) is -1.05.